The first-order chi connectivity index (χ1) is 17.9. The van der Waals surface area contributed by atoms with Gasteiger partial charge in [-0.2, -0.15) is 18.3 Å². The normalized spacial score (nSPS) is 14.1. The molecule has 202 valence electrons. The van der Waals surface area contributed by atoms with Gasteiger partial charge in [0.05, 0.1) is 0 Å². The molecule has 0 saturated carbocycles. The number of aromatic nitrogens is 2. The van der Waals surface area contributed by atoms with Gasteiger partial charge in [0.1, 0.15) is 30.0 Å². The van der Waals surface area contributed by atoms with Gasteiger partial charge in [-0.1, -0.05) is 0 Å². The zero-order valence-electron chi connectivity index (χ0n) is 20.3. The number of anilines is 1. The van der Waals surface area contributed by atoms with Crippen molar-refractivity contribution in [3.05, 3.63) is 82.4 Å². The zero-order chi connectivity index (χ0) is 27.6. The first kappa shape index (κ1) is 27.2. The van der Waals surface area contributed by atoms with Crippen molar-refractivity contribution in [2.45, 2.75) is 50.9 Å². The molecular weight excluding hydrogens is 514 g/mol. The van der Waals surface area contributed by atoms with E-state index in [1.54, 1.807) is 0 Å². The second-order valence-electron chi connectivity index (χ2n) is 9.11. The predicted molar refractivity (Wildman–Crippen MR) is 126 cm³/mol. The molecule has 0 fully saturated rings. The fraction of sp³-hybridized carbons (Fsp3) is 0.346. The van der Waals surface area contributed by atoms with Crippen molar-refractivity contribution in [3.63, 3.8) is 0 Å². The molecule has 2 amide bonds. The molecule has 0 radical (unpaired) electrons. The molecule has 1 N–H and O–H groups in total. The van der Waals surface area contributed by atoms with Crippen molar-refractivity contribution in [1.29, 1.82) is 0 Å². The molecule has 6 nitrogen and oxygen atoms in total. The third-order valence-corrected chi connectivity index (χ3v) is 6.36. The molecule has 38 heavy (non-hydrogen) atoms. The van der Waals surface area contributed by atoms with E-state index in [1.807, 2.05) is 0 Å². The first-order valence-corrected chi connectivity index (χ1v) is 11.9. The van der Waals surface area contributed by atoms with Crippen LogP contribution in [-0.4, -0.2) is 34.7 Å². The number of likely N-dealkylation sites (N-methyl/N-ethyl adjacent to an activating group) is 1. The van der Waals surface area contributed by atoms with Gasteiger partial charge in [0, 0.05) is 36.5 Å². The number of alkyl halides is 3. The monoisotopic (exact) mass is 538 g/mol. The molecule has 0 bridgehead atoms. The van der Waals surface area contributed by atoms with Crippen molar-refractivity contribution in [1.82, 2.24) is 15.1 Å². The van der Waals surface area contributed by atoms with Gasteiger partial charge in [-0.05, 0) is 67.6 Å². The van der Waals surface area contributed by atoms with Gasteiger partial charge in [0.2, 0.25) is 11.8 Å². The molecule has 1 heterocycles. The lowest BCUT2D eigenvalue weighted by Gasteiger charge is -2.25. The summed E-state index contributed by atoms with van der Waals surface area (Å²) in [4.78, 5) is 27.4. The Morgan fingerprint density at radius 3 is 2.26 bits per heavy atom. The van der Waals surface area contributed by atoms with Gasteiger partial charge in [-0.15, -0.1) is 0 Å². The predicted octanol–water partition coefficient (Wildman–Crippen LogP) is 4.59. The highest BCUT2D eigenvalue weighted by Crippen LogP contribution is 2.35. The Balaban J connectivity index is 1.59. The topological polar surface area (TPSA) is 67.2 Å². The standard InChI is InChI=1S/C26H24F6N4O2/c1-35(19-8-6-16(27)7-9-19)25(38)21(12-15-10-17(28)13-18(29)11-15)33-23(37)14-36-22-5-3-2-4-20(22)24(34-36)26(30,31)32/h6-11,13,21H,2-5,12,14H2,1H3,(H,33,37)/t21-/m0/s1. The maximum Gasteiger partial charge on any atom is 0.435 e. The minimum atomic E-state index is -4.68. The highest BCUT2D eigenvalue weighted by Gasteiger charge is 2.39. The Morgan fingerprint density at radius 1 is 1.00 bits per heavy atom. The number of rotatable bonds is 7. The van der Waals surface area contributed by atoms with E-state index in [0.29, 0.717) is 31.0 Å². The summed E-state index contributed by atoms with van der Waals surface area (Å²) in [6.07, 6.45) is -3.25. The van der Waals surface area contributed by atoms with Crippen LogP contribution in [0.25, 0.3) is 0 Å². The number of amides is 2. The van der Waals surface area contributed by atoms with Crippen LogP contribution >= 0.6 is 0 Å². The Labute approximate surface area is 214 Å². The first-order valence-electron chi connectivity index (χ1n) is 11.9. The summed E-state index contributed by atoms with van der Waals surface area (Å²) in [5, 5.41) is 6.13. The van der Waals surface area contributed by atoms with E-state index in [1.165, 1.54) is 19.2 Å². The summed E-state index contributed by atoms with van der Waals surface area (Å²) in [6.45, 7) is -0.583. The molecule has 12 heteroatoms. The number of nitrogens with one attached hydrogen (secondary N) is 1. The average molecular weight is 538 g/mol. The van der Waals surface area contributed by atoms with Crippen LogP contribution in [0.15, 0.2) is 42.5 Å². The zero-order valence-corrected chi connectivity index (χ0v) is 20.3. The molecular formula is C26H24F6N4O2. The largest absolute Gasteiger partial charge is 0.435 e. The van der Waals surface area contributed by atoms with Crippen LogP contribution in [-0.2, 0) is 41.6 Å². The number of carbonyl (C=O) groups is 2. The molecule has 1 aliphatic carbocycles. The Kier molecular flexibility index (Phi) is 7.79. The van der Waals surface area contributed by atoms with E-state index in [0.717, 1.165) is 33.8 Å². The van der Waals surface area contributed by atoms with Crippen LogP contribution in [0.5, 0.6) is 0 Å². The van der Waals surface area contributed by atoms with Crippen molar-refractivity contribution in [3.8, 4) is 0 Å². The maximum absolute atomic E-state index is 13.8. The number of hydrogen-bond donors (Lipinski definition) is 1. The van der Waals surface area contributed by atoms with E-state index >= 15 is 0 Å². The highest BCUT2D eigenvalue weighted by atomic mass is 19.4. The molecule has 0 spiro atoms. The number of halogens is 6. The lowest BCUT2D eigenvalue weighted by atomic mass is 9.95. The Hall–Kier alpha value is -3.83. The van der Waals surface area contributed by atoms with E-state index in [4.69, 9.17) is 0 Å². The third-order valence-electron chi connectivity index (χ3n) is 6.36. The Morgan fingerprint density at radius 2 is 1.63 bits per heavy atom. The molecule has 0 aliphatic heterocycles. The van der Waals surface area contributed by atoms with Gasteiger partial charge in [0.15, 0.2) is 5.69 Å². The molecule has 3 aromatic rings. The molecule has 2 aromatic carbocycles. The van der Waals surface area contributed by atoms with Gasteiger partial charge in [-0.25, -0.2) is 13.2 Å². The molecule has 1 aromatic heterocycles. The van der Waals surface area contributed by atoms with Crippen molar-refractivity contribution >= 4 is 17.5 Å². The quantitative estimate of drug-likeness (QED) is 0.448. The number of carbonyl (C=O) groups excluding carboxylic acids is 2. The van der Waals surface area contributed by atoms with E-state index in [9.17, 15) is 35.9 Å². The van der Waals surface area contributed by atoms with Gasteiger partial charge in [0.25, 0.3) is 0 Å². The molecule has 0 unspecified atom stereocenters. The maximum atomic E-state index is 13.8. The minimum Gasteiger partial charge on any atom is -0.342 e. The lowest BCUT2D eigenvalue weighted by Crippen LogP contribution is -2.49. The van der Waals surface area contributed by atoms with Crippen molar-refractivity contribution in [2.24, 2.45) is 0 Å². The smallest absolute Gasteiger partial charge is 0.342 e. The fourth-order valence-electron chi connectivity index (χ4n) is 4.60. The number of benzene rings is 2. The summed E-state index contributed by atoms with van der Waals surface area (Å²) in [6, 6.07) is 6.27. The van der Waals surface area contributed by atoms with Gasteiger partial charge >= 0.3 is 6.18 Å². The second kappa shape index (κ2) is 10.9. The summed E-state index contributed by atoms with van der Waals surface area (Å²) >= 11 is 0. The van der Waals surface area contributed by atoms with Crippen LogP contribution < -0.4 is 10.2 Å². The second-order valence-corrected chi connectivity index (χ2v) is 9.11. The van der Waals surface area contributed by atoms with Crippen LogP contribution in [0.3, 0.4) is 0 Å². The number of hydrogen-bond acceptors (Lipinski definition) is 3. The summed E-state index contributed by atoms with van der Waals surface area (Å²) < 4.78 is 82.5. The third kappa shape index (κ3) is 6.17. The van der Waals surface area contributed by atoms with Crippen molar-refractivity contribution < 1.29 is 35.9 Å². The SMILES string of the molecule is CN(C(=O)[C@H](Cc1cc(F)cc(F)c1)NC(=O)Cn1nc(C(F)(F)F)c2c1CCCC2)c1ccc(F)cc1. The van der Waals surface area contributed by atoms with Crippen LogP contribution in [0, 0.1) is 17.5 Å². The minimum absolute atomic E-state index is 0.0652. The highest BCUT2D eigenvalue weighted by molar-refractivity contribution is 5.99. The van der Waals surface area contributed by atoms with Crippen molar-refractivity contribution in [2.75, 3.05) is 11.9 Å². The summed E-state index contributed by atoms with van der Waals surface area (Å²) in [7, 11) is 1.38. The molecule has 0 saturated heterocycles. The van der Waals surface area contributed by atoms with E-state index < -0.39 is 53.7 Å². The fourth-order valence-corrected chi connectivity index (χ4v) is 4.60. The molecule has 4 rings (SSSR count). The van der Waals surface area contributed by atoms with Crippen LogP contribution in [0.4, 0.5) is 32.0 Å². The summed E-state index contributed by atoms with van der Waals surface area (Å²) in [5.74, 6) is -3.79. The lowest BCUT2D eigenvalue weighted by molar-refractivity contribution is -0.142. The Bertz CT molecular complexity index is 1320. The number of nitrogens with zero attached hydrogens (tertiary/aromatic N) is 3. The molecule has 1 aliphatic rings. The van der Waals surface area contributed by atoms with Crippen LogP contribution in [0.2, 0.25) is 0 Å². The van der Waals surface area contributed by atoms with E-state index in [2.05, 4.69) is 10.4 Å². The summed E-state index contributed by atoms with van der Waals surface area (Å²) in [5.41, 5.74) is -0.284. The van der Waals surface area contributed by atoms with Gasteiger partial charge in [-0.3, -0.25) is 14.3 Å². The van der Waals surface area contributed by atoms with Gasteiger partial charge < -0.3 is 10.2 Å². The molecule has 1 atom stereocenters. The number of fused-ring (bicyclic) bond motifs is 1. The average Bonchev–Trinajstić information content (AvgIpc) is 3.21. The van der Waals surface area contributed by atoms with E-state index in [-0.39, 0.29) is 29.7 Å². The van der Waals surface area contributed by atoms with Crippen LogP contribution in [0.1, 0.15) is 35.4 Å².